The quantitative estimate of drug-likeness (QED) is 0.260. The van der Waals surface area contributed by atoms with Crippen LogP contribution in [0, 0.1) is 0 Å². The molecule has 0 aliphatic carbocycles. The minimum absolute atomic E-state index is 0.0733. The van der Waals surface area contributed by atoms with Gasteiger partial charge >= 0.3 is 0 Å². The molecular formula is C28H28N4O8S. The molecule has 4 aromatic rings. The van der Waals surface area contributed by atoms with Crippen LogP contribution < -0.4 is 28.4 Å². The molecule has 1 aliphatic rings. The van der Waals surface area contributed by atoms with Crippen LogP contribution in [0.25, 0.3) is 11.4 Å². The van der Waals surface area contributed by atoms with E-state index in [1.807, 2.05) is 13.8 Å². The van der Waals surface area contributed by atoms with Gasteiger partial charge in [0.2, 0.25) is 12.5 Å². The molecule has 0 atom stereocenters. The highest BCUT2D eigenvalue weighted by Crippen LogP contribution is 2.42. The number of aromatic nitrogens is 3. The van der Waals surface area contributed by atoms with Gasteiger partial charge in [0.25, 0.3) is 15.9 Å². The molecule has 13 heteroatoms. The van der Waals surface area contributed by atoms with Crippen LogP contribution in [0.4, 0.5) is 5.82 Å². The maximum absolute atomic E-state index is 13.5. The van der Waals surface area contributed by atoms with E-state index in [0.717, 1.165) is 5.56 Å². The van der Waals surface area contributed by atoms with Crippen LogP contribution in [0.2, 0.25) is 0 Å². The zero-order valence-electron chi connectivity index (χ0n) is 22.5. The second kappa shape index (κ2) is 11.9. The molecule has 41 heavy (non-hydrogen) atoms. The lowest BCUT2D eigenvalue weighted by atomic mass is 10.1. The number of hydrogen-bond acceptors (Lipinski definition) is 11. The number of methoxy groups -OCH3 is 1. The van der Waals surface area contributed by atoms with Gasteiger partial charge in [-0.1, -0.05) is 32.0 Å². The molecule has 3 heterocycles. The molecular weight excluding hydrogens is 552 g/mol. The minimum atomic E-state index is -4.24. The lowest BCUT2D eigenvalue weighted by molar-refractivity contribution is 0.174. The van der Waals surface area contributed by atoms with Crippen molar-refractivity contribution in [3.8, 4) is 46.0 Å². The van der Waals surface area contributed by atoms with Crippen molar-refractivity contribution >= 4 is 15.8 Å². The van der Waals surface area contributed by atoms with Crippen molar-refractivity contribution in [1.29, 1.82) is 0 Å². The van der Waals surface area contributed by atoms with E-state index in [1.54, 1.807) is 48.5 Å². The second-order valence-electron chi connectivity index (χ2n) is 9.11. The Balaban J connectivity index is 1.64. The van der Waals surface area contributed by atoms with Crippen molar-refractivity contribution < 1.29 is 37.2 Å². The van der Waals surface area contributed by atoms with Gasteiger partial charge in [0.05, 0.1) is 13.7 Å². The zero-order chi connectivity index (χ0) is 29.0. The number of aliphatic hydroxyl groups excluding tert-OH is 1. The van der Waals surface area contributed by atoms with E-state index in [0.29, 0.717) is 22.8 Å². The summed E-state index contributed by atoms with van der Waals surface area (Å²) >= 11 is 0. The Labute approximate surface area is 236 Å². The van der Waals surface area contributed by atoms with Gasteiger partial charge in [-0.15, -0.1) is 0 Å². The van der Waals surface area contributed by atoms with Crippen molar-refractivity contribution in [2.75, 3.05) is 31.8 Å². The van der Waals surface area contributed by atoms with Crippen molar-refractivity contribution in [3.63, 3.8) is 0 Å². The predicted molar refractivity (Wildman–Crippen MR) is 148 cm³/mol. The number of rotatable bonds is 11. The van der Waals surface area contributed by atoms with E-state index in [-0.39, 0.29) is 60.0 Å². The van der Waals surface area contributed by atoms with Crippen molar-refractivity contribution in [3.05, 3.63) is 66.4 Å². The van der Waals surface area contributed by atoms with Gasteiger partial charge in [0.1, 0.15) is 6.61 Å². The standard InChI is InChI=1S/C28H28N4O8S/c1-17(2)19-9-11-24(29-15-19)41(34,35)32-27-25(40-22-7-5-4-6-20(22)36-3)28(37-13-12-33)31-26(30-27)18-8-10-21-23(14-18)39-16-38-21/h4-11,14-15,17,33H,12-13,16H2,1-3H3,(H,30,31,32). The molecule has 12 nitrogen and oxygen atoms in total. The number of aliphatic hydroxyl groups is 1. The highest BCUT2D eigenvalue weighted by molar-refractivity contribution is 7.92. The van der Waals surface area contributed by atoms with Crippen LogP contribution in [-0.4, -0.2) is 55.6 Å². The lowest BCUT2D eigenvalue weighted by Crippen LogP contribution is -2.17. The second-order valence-corrected chi connectivity index (χ2v) is 10.7. The van der Waals surface area contributed by atoms with Gasteiger partial charge in [0, 0.05) is 11.8 Å². The molecule has 0 radical (unpaired) electrons. The Hall–Kier alpha value is -4.62. The summed E-state index contributed by atoms with van der Waals surface area (Å²) < 4.78 is 57.6. The van der Waals surface area contributed by atoms with Crippen molar-refractivity contribution in [1.82, 2.24) is 15.0 Å². The fourth-order valence-electron chi connectivity index (χ4n) is 3.88. The molecule has 2 aromatic carbocycles. The van der Waals surface area contributed by atoms with E-state index >= 15 is 0 Å². The van der Waals surface area contributed by atoms with E-state index in [2.05, 4.69) is 19.7 Å². The van der Waals surface area contributed by atoms with Crippen LogP contribution in [0.5, 0.6) is 34.6 Å². The SMILES string of the molecule is COc1ccccc1Oc1c(NS(=O)(=O)c2ccc(C(C)C)cn2)nc(-c2ccc3c(c2)OCO3)nc1OCCO. The number of nitrogens with one attached hydrogen (secondary N) is 1. The van der Waals surface area contributed by atoms with Crippen LogP contribution in [0.1, 0.15) is 25.3 Å². The van der Waals surface area contributed by atoms with Gasteiger partial charge in [-0.3, -0.25) is 4.72 Å². The first-order valence-corrected chi connectivity index (χ1v) is 14.1. The third kappa shape index (κ3) is 6.10. The fraction of sp³-hybridized carbons (Fsp3) is 0.250. The molecule has 0 saturated heterocycles. The number of nitrogens with zero attached hydrogens (tertiary/aromatic N) is 3. The number of fused-ring (bicyclic) bond motifs is 1. The average Bonchev–Trinajstić information content (AvgIpc) is 3.45. The number of ether oxygens (including phenoxy) is 5. The minimum Gasteiger partial charge on any atom is -0.493 e. The van der Waals surface area contributed by atoms with Gasteiger partial charge < -0.3 is 28.8 Å². The molecule has 2 N–H and O–H groups in total. The lowest BCUT2D eigenvalue weighted by Gasteiger charge is -2.18. The summed E-state index contributed by atoms with van der Waals surface area (Å²) in [7, 11) is -2.77. The Morgan fingerprint density at radius 2 is 1.80 bits per heavy atom. The normalized spacial score (nSPS) is 12.3. The van der Waals surface area contributed by atoms with Crippen LogP contribution in [0.3, 0.4) is 0 Å². The number of anilines is 1. The monoisotopic (exact) mass is 580 g/mol. The number of para-hydroxylation sites is 2. The molecule has 0 spiro atoms. The van der Waals surface area contributed by atoms with Gasteiger partial charge in [-0.05, 0) is 47.9 Å². The van der Waals surface area contributed by atoms with E-state index in [9.17, 15) is 13.5 Å². The summed E-state index contributed by atoms with van der Waals surface area (Å²) in [5.41, 5.74) is 1.38. The fourth-order valence-corrected chi connectivity index (χ4v) is 4.82. The summed E-state index contributed by atoms with van der Waals surface area (Å²) in [4.78, 5) is 13.2. The first-order chi connectivity index (χ1) is 19.8. The van der Waals surface area contributed by atoms with E-state index in [1.165, 1.54) is 19.4 Å². The molecule has 0 amide bonds. The molecule has 0 bridgehead atoms. The first-order valence-electron chi connectivity index (χ1n) is 12.6. The van der Waals surface area contributed by atoms with Gasteiger partial charge in [-0.2, -0.15) is 13.4 Å². The van der Waals surface area contributed by atoms with E-state index < -0.39 is 10.0 Å². The van der Waals surface area contributed by atoms with Crippen LogP contribution in [-0.2, 0) is 10.0 Å². The molecule has 0 fully saturated rings. The number of pyridine rings is 1. The molecule has 214 valence electrons. The van der Waals surface area contributed by atoms with Crippen molar-refractivity contribution in [2.45, 2.75) is 24.8 Å². The largest absolute Gasteiger partial charge is 0.493 e. The average molecular weight is 581 g/mol. The molecule has 0 unspecified atom stereocenters. The molecule has 1 aliphatic heterocycles. The Morgan fingerprint density at radius 3 is 2.51 bits per heavy atom. The third-order valence-electron chi connectivity index (χ3n) is 6.01. The summed E-state index contributed by atoms with van der Waals surface area (Å²) in [5, 5.41) is 9.25. The Bertz CT molecular complexity index is 1650. The van der Waals surface area contributed by atoms with Gasteiger partial charge in [-0.25, -0.2) is 9.97 Å². The summed E-state index contributed by atoms with van der Waals surface area (Å²) in [5.74, 6) is 1.45. The highest BCUT2D eigenvalue weighted by atomic mass is 32.2. The topological polar surface area (TPSA) is 151 Å². The summed E-state index contributed by atoms with van der Waals surface area (Å²) in [6.07, 6.45) is 1.51. The van der Waals surface area contributed by atoms with Crippen LogP contribution in [0.15, 0.2) is 65.8 Å². The number of hydrogen-bond donors (Lipinski definition) is 2. The molecule has 5 rings (SSSR count). The highest BCUT2D eigenvalue weighted by Gasteiger charge is 2.27. The third-order valence-corrected chi connectivity index (χ3v) is 7.26. The maximum atomic E-state index is 13.5. The Kier molecular flexibility index (Phi) is 8.08. The van der Waals surface area contributed by atoms with E-state index in [4.69, 9.17) is 23.7 Å². The molecule has 0 saturated carbocycles. The predicted octanol–water partition coefficient (Wildman–Crippen LogP) is 4.36. The summed E-state index contributed by atoms with van der Waals surface area (Å²) in [6.45, 7) is 3.56. The van der Waals surface area contributed by atoms with Gasteiger partial charge in [0.15, 0.2) is 39.7 Å². The number of benzene rings is 2. The first kappa shape index (κ1) is 27.9. The molecule has 2 aromatic heterocycles. The zero-order valence-corrected chi connectivity index (χ0v) is 23.3. The summed E-state index contributed by atoms with van der Waals surface area (Å²) in [6, 6.07) is 15.0. The van der Waals surface area contributed by atoms with Crippen molar-refractivity contribution in [2.24, 2.45) is 0 Å². The number of sulfonamides is 1. The van der Waals surface area contributed by atoms with Crippen LogP contribution >= 0.6 is 0 Å². The Morgan fingerprint density at radius 1 is 1.02 bits per heavy atom. The smallest absolute Gasteiger partial charge is 0.280 e. The maximum Gasteiger partial charge on any atom is 0.280 e.